The normalized spacial score (nSPS) is 13.8. The van der Waals surface area contributed by atoms with Crippen LogP contribution in [0.5, 0.6) is 5.75 Å². The van der Waals surface area contributed by atoms with Crippen LogP contribution in [0.15, 0.2) is 12.1 Å². The van der Waals surface area contributed by atoms with Gasteiger partial charge in [0.25, 0.3) is 0 Å². The molecule has 62 valence electrons. The summed E-state index contributed by atoms with van der Waals surface area (Å²) in [5.74, 6) is 0.811. The SMILES string of the molecule is O=Cc1ccc2c(c1Cl)CCO2. The van der Waals surface area contributed by atoms with E-state index < -0.39 is 0 Å². The maximum atomic E-state index is 10.5. The van der Waals surface area contributed by atoms with Gasteiger partial charge in [-0.3, -0.25) is 4.79 Å². The molecule has 1 aromatic carbocycles. The number of benzene rings is 1. The molecular weight excluding hydrogens is 176 g/mol. The maximum absolute atomic E-state index is 10.5. The van der Waals surface area contributed by atoms with Crippen molar-refractivity contribution in [2.24, 2.45) is 0 Å². The Hall–Kier alpha value is -1.02. The van der Waals surface area contributed by atoms with Crippen molar-refractivity contribution in [3.05, 3.63) is 28.3 Å². The van der Waals surface area contributed by atoms with Crippen LogP contribution >= 0.6 is 11.6 Å². The van der Waals surface area contributed by atoms with Crippen molar-refractivity contribution in [2.75, 3.05) is 6.61 Å². The lowest BCUT2D eigenvalue weighted by Gasteiger charge is -2.01. The van der Waals surface area contributed by atoms with Crippen molar-refractivity contribution >= 4 is 17.9 Å². The van der Waals surface area contributed by atoms with Crippen molar-refractivity contribution < 1.29 is 9.53 Å². The van der Waals surface area contributed by atoms with Gasteiger partial charge in [-0.05, 0) is 12.1 Å². The zero-order valence-electron chi connectivity index (χ0n) is 6.34. The molecule has 0 N–H and O–H groups in total. The summed E-state index contributed by atoms with van der Waals surface area (Å²) < 4.78 is 5.28. The molecule has 0 atom stereocenters. The van der Waals surface area contributed by atoms with Gasteiger partial charge in [0.2, 0.25) is 0 Å². The van der Waals surface area contributed by atoms with Crippen LogP contribution in [-0.2, 0) is 6.42 Å². The molecular formula is C9H7ClO2. The molecule has 0 spiro atoms. The van der Waals surface area contributed by atoms with Gasteiger partial charge in [-0.15, -0.1) is 0 Å². The van der Waals surface area contributed by atoms with E-state index in [1.54, 1.807) is 12.1 Å². The average Bonchev–Trinajstić information content (AvgIpc) is 2.53. The van der Waals surface area contributed by atoms with Gasteiger partial charge in [0.15, 0.2) is 6.29 Å². The van der Waals surface area contributed by atoms with Gasteiger partial charge in [0.05, 0.1) is 11.6 Å². The Morgan fingerprint density at radius 1 is 1.50 bits per heavy atom. The number of rotatable bonds is 1. The first kappa shape index (κ1) is 7.62. The van der Waals surface area contributed by atoms with Crippen molar-refractivity contribution in [3.8, 4) is 5.75 Å². The topological polar surface area (TPSA) is 26.3 Å². The number of hydrogen-bond acceptors (Lipinski definition) is 2. The van der Waals surface area contributed by atoms with E-state index in [2.05, 4.69) is 0 Å². The second-order valence-electron chi connectivity index (χ2n) is 2.66. The summed E-state index contributed by atoms with van der Waals surface area (Å²) in [6.07, 6.45) is 1.57. The van der Waals surface area contributed by atoms with Crippen LogP contribution in [0.25, 0.3) is 0 Å². The Morgan fingerprint density at radius 2 is 2.33 bits per heavy atom. The Labute approximate surface area is 75.1 Å². The number of carbonyl (C=O) groups is 1. The first-order valence-corrected chi connectivity index (χ1v) is 4.10. The van der Waals surface area contributed by atoms with Crippen molar-refractivity contribution in [2.45, 2.75) is 6.42 Å². The predicted molar refractivity (Wildman–Crippen MR) is 46.0 cm³/mol. The minimum atomic E-state index is 0.542. The Morgan fingerprint density at radius 3 is 3.08 bits per heavy atom. The number of aldehydes is 1. The van der Waals surface area contributed by atoms with E-state index in [0.29, 0.717) is 17.2 Å². The van der Waals surface area contributed by atoms with E-state index in [1.165, 1.54) is 0 Å². The quantitative estimate of drug-likeness (QED) is 0.622. The van der Waals surface area contributed by atoms with Crippen LogP contribution in [0.4, 0.5) is 0 Å². The second kappa shape index (κ2) is 2.79. The van der Waals surface area contributed by atoms with E-state index in [4.69, 9.17) is 16.3 Å². The third-order valence-corrected chi connectivity index (χ3v) is 2.41. The number of hydrogen-bond donors (Lipinski definition) is 0. The highest BCUT2D eigenvalue weighted by Gasteiger charge is 2.17. The minimum Gasteiger partial charge on any atom is -0.493 e. The van der Waals surface area contributed by atoms with E-state index in [0.717, 1.165) is 24.0 Å². The average molecular weight is 183 g/mol. The van der Waals surface area contributed by atoms with Gasteiger partial charge in [0.1, 0.15) is 5.75 Å². The molecule has 0 saturated carbocycles. The van der Waals surface area contributed by atoms with Crippen LogP contribution < -0.4 is 4.74 Å². The molecule has 0 saturated heterocycles. The van der Waals surface area contributed by atoms with E-state index in [-0.39, 0.29) is 0 Å². The van der Waals surface area contributed by atoms with Crippen LogP contribution in [0, 0.1) is 0 Å². The summed E-state index contributed by atoms with van der Waals surface area (Å²) in [6, 6.07) is 3.47. The molecule has 1 heterocycles. The van der Waals surface area contributed by atoms with E-state index in [9.17, 15) is 4.79 Å². The standard InChI is InChI=1S/C9H7ClO2/c10-9-6(5-11)1-2-8-7(9)3-4-12-8/h1-2,5H,3-4H2. The third-order valence-electron chi connectivity index (χ3n) is 1.97. The van der Waals surface area contributed by atoms with Crippen LogP contribution in [0.1, 0.15) is 15.9 Å². The third kappa shape index (κ3) is 0.994. The summed E-state index contributed by atoms with van der Waals surface area (Å²) in [4.78, 5) is 10.5. The Balaban J connectivity index is 2.61. The van der Waals surface area contributed by atoms with Crippen molar-refractivity contribution in [1.29, 1.82) is 0 Å². The molecule has 2 rings (SSSR count). The van der Waals surface area contributed by atoms with Gasteiger partial charge >= 0.3 is 0 Å². The Bertz CT molecular complexity index is 334. The number of fused-ring (bicyclic) bond motifs is 1. The highest BCUT2D eigenvalue weighted by Crippen LogP contribution is 2.33. The van der Waals surface area contributed by atoms with Crippen molar-refractivity contribution in [3.63, 3.8) is 0 Å². The lowest BCUT2D eigenvalue weighted by atomic mass is 10.1. The zero-order valence-corrected chi connectivity index (χ0v) is 7.10. The Kier molecular flexibility index (Phi) is 1.77. The summed E-state index contributed by atoms with van der Waals surface area (Å²) in [6.45, 7) is 0.664. The smallest absolute Gasteiger partial charge is 0.151 e. The zero-order chi connectivity index (χ0) is 8.55. The molecule has 1 aliphatic heterocycles. The van der Waals surface area contributed by atoms with Crippen LogP contribution in [0.2, 0.25) is 5.02 Å². The van der Waals surface area contributed by atoms with Gasteiger partial charge in [-0.25, -0.2) is 0 Å². The lowest BCUT2D eigenvalue weighted by Crippen LogP contribution is -1.86. The van der Waals surface area contributed by atoms with Gasteiger partial charge < -0.3 is 4.74 Å². The molecule has 0 unspecified atom stereocenters. The summed E-state index contributed by atoms with van der Waals surface area (Å²) in [5.41, 5.74) is 1.50. The number of carbonyl (C=O) groups excluding carboxylic acids is 1. The maximum Gasteiger partial charge on any atom is 0.151 e. The molecule has 0 amide bonds. The molecule has 0 aromatic heterocycles. The number of halogens is 1. The molecule has 1 aromatic rings. The fraction of sp³-hybridized carbons (Fsp3) is 0.222. The lowest BCUT2D eigenvalue weighted by molar-refractivity contribution is 0.112. The fourth-order valence-corrected chi connectivity index (χ4v) is 1.64. The monoisotopic (exact) mass is 182 g/mol. The second-order valence-corrected chi connectivity index (χ2v) is 3.04. The molecule has 0 bridgehead atoms. The largest absolute Gasteiger partial charge is 0.493 e. The summed E-state index contributed by atoms with van der Waals surface area (Å²) in [7, 11) is 0. The number of ether oxygens (including phenoxy) is 1. The first-order chi connectivity index (χ1) is 5.83. The van der Waals surface area contributed by atoms with Gasteiger partial charge in [0, 0.05) is 17.5 Å². The van der Waals surface area contributed by atoms with Crippen molar-refractivity contribution in [1.82, 2.24) is 0 Å². The highest BCUT2D eigenvalue weighted by atomic mass is 35.5. The molecule has 0 aliphatic carbocycles. The van der Waals surface area contributed by atoms with E-state index >= 15 is 0 Å². The molecule has 1 aliphatic rings. The molecule has 2 nitrogen and oxygen atoms in total. The highest BCUT2D eigenvalue weighted by molar-refractivity contribution is 6.34. The fourth-order valence-electron chi connectivity index (χ4n) is 1.34. The minimum absolute atomic E-state index is 0.542. The van der Waals surface area contributed by atoms with Gasteiger partial charge in [-0.2, -0.15) is 0 Å². The van der Waals surface area contributed by atoms with Crippen LogP contribution in [-0.4, -0.2) is 12.9 Å². The predicted octanol–water partition coefficient (Wildman–Crippen LogP) is 2.09. The first-order valence-electron chi connectivity index (χ1n) is 3.72. The van der Waals surface area contributed by atoms with Crippen LogP contribution in [0.3, 0.4) is 0 Å². The summed E-state index contributed by atoms with van der Waals surface area (Å²) >= 11 is 5.94. The molecule has 12 heavy (non-hydrogen) atoms. The molecule has 0 fully saturated rings. The van der Waals surface area contributed by atoms with E-state index in [1.807, 2.05) is 0 Å². The molecule has 3 heteroatoms. The van der Waals surface area contributed by atoms with Gasteiger partial charge in [-0.1, -0.05) is 11.6 Å². The molecule has 0 radical (unpaired) electrons. The summed E-state index contributed by atoms with van der Waals surface area (Å²) in [5, 5.41) is 0.542.